The van der Waals surface area contributed by atoms with Crippen LogP contribution >= 0.6 is 15.9 Å². The third-order valence-corrected chi connectivity index (χ3v) is 12.9. The summed E-state index contributed by atoms with van der Waals surface area (Å²) in [4.78, 5) is 39.4. The van der Waals surface area contributed by atoms with E-state index < -0.39 is 34.3 Å². The van der Waals surface area contributed by atoms with Gasteiger partial charge in [0.05, 0.1) is 27.9 Å². The number of imide groups is 1. The quantitative estimate of drug-likeness (QED) is 0.0766. The van der Waals surface area contributed by atoms with Crippen molar-refractivity contribution in [1.29, 1.82) is 0 Å². The van der Waals surface area contributed by atoms with Crippen molar-refractivity contribution in [2.75, 3.05) is 44.7 Å². The minimum atomic E-state index is -1.32. The van der Waals surface area contributed by atoms with Gasteiger partial charge in [-0.3, -0.25) is 15.1 Å². The number of fused-ring (bicyclic) bond motifs is 3. The van der Waals surface area contributed by atoms with Crippen molar-refractivity contribution in [2.24, 2.45) is 0 Å². The van der Waals surface area contributed by atoms with Crippen LogP contribution in [0.15, 0.2) is 47.2 Å². The number of para-hydroxylation sites is 1. The van der Waals surface area contributed by atoms with Crippen LogP contribution in [-0.2, 0) is 14.3 Å². The highest BCUT2D eigenvalue weighted by Gasteiger charge is 2.46. The molecule has 5 heterocycles. The highest BCUT2D eigenvalue weighted by atomic mass is 79.9. The van der Waals surface area contributed by atoms with Crippen molar-refractivity contribution in [1.82, 2.24) is 35.1 Å². The fraction of sp³-hybridized carbons (Fsp3) is 0.485. The topological polar surface area (TPSA) is 126 Å². The molecule has 3 amide bonds. The van der Waals surface area contributed by atoms with Crippen LogP contribution in [0.4, 0.5) is 10.6 Å². The van der Waals surface area contributed by atoms with Gasteiger partial charge in [-0.25, -0.2) is 9.78 Å². The Morgan fingerprint density at radius 1 is 0.958 bits per heavy atom. The number of carbonyl (C=O) groups excluding carboxylic acids is 2. The van der Waals surface area contributed by atoms with E-state index in [1.165, 1.54) is 0 Å². The molecule has 12 nitrogen and oxygen atoms in total. The zero-order valence-corrected chi connectivity index (χ0v) is 32.1. The number of anilines is 1. The maximum atomic E-state index is 13.1. The Morgan fingerprint density at radius 2 is 1.62 bits per heavy atom. The minimum absolute atomic E-state index is 0.273. The molecule has 2 saturated heterocycles. The van der Waals surface area contributed by atoms with Crippen LogP contribution in [0.25, 0.3) is 27.7 Å². The standard InChI is InChI=1S/C33H45BrN8O4Si2/c1-47(2,3)13-11-45-20-40(21-46-12-14-48(4,5)6)32-28(34)29(26-18-35-19-27-31(43)39-33(44)41(26)27)38-30-24(17-37-42(30)32)23-15-22-9-7-8-10-25(22)36-16-23/h7-10,15-17,26-27,35H,11-14,18-21H2,1-6H3,(H,39,43,44). The summed E-state index contributed by atoms with van der Waals surface area (Å²) in [5.41, 5.74) is 3.78. The number of hydrogen-bond acceptors (Lipinski definition) is 9. The van der Waals surface area contributed by atoms with Gasteiger partial charge in [0.2, 0.25) is 0 Å². The molecule has 0 spiro atoms. The van der Waals surface area contributed by atoms with Gasteiger partial charge >= 0.3 is 6.03 Å². The molecule has 0 radical (unpaired) electrons. The highest BCUT2D eigenvalue weighted by molar-refractivity contribution is 9.10. The first-order valence-electron chi connectivity index (χ1n) is 16.5. The lowest BCUT2D eigenvalue weighted by Crippen LogP contribution is -2.53. The van der Waals surface area contributed by atoms with Gasteiger partial charge in [0.25, 0.3) is 5.91 Å². The van der Waals surface area contributed by atoms with Gasteiger partial charge in [-0.1, -0.05) is 57.5 Å². The Hall–Kier alpha value is -3.22. The van der Waals surface area contributed by atoms with Gasteiger partial charge in [-0.15, -0.1) is 0 Å². The molecule has 2 aliphatic heterocycles. The van der Waals surface area contributed by atoms with E-state index in [0.29, 0.717) is 47.9 Å². The predicted octanol–water partition coefficient (Wildman–Crippen LogP) is 5.70. The van der Waals surface area contributed by atoms with E-state index in [0.717, 1.165) is 34.1 Å². The normalized spacial score (nSPS) is 18.5. The molecule has 1 aromatic carbocycles. The number of rotatable bonds is 13. The Bertz CT molecular complexity index is 1800. The van der Waals surface area contributed by atoms with E-state index in [2.05, 4.69) is 71.9 Å². The SMILES string of the molecule is C[Si](C)(C)CCOCN(COCC[Si](C)(C)C)c1c(Br)c(C2CNCC3C(=O)NC(=O)N32)nc2c(-c3cnc4ccccc4c3)cnn12. The fourth-order valence-electron chi connectivity index (χ4n) is 5.91. The minimum Gasteiger partial charge on any atom is -0.361 e. The number of hydrogen-bond donors (Lipinski definition) is 2. The monoisotopic (exact) mass is 752 g/mol. The number of amides is 3. The molecule has 0 bridgehead atoms. The summed E-state index contributed by atoms with van der Waals surface area (Å²) in [6.07, 6.45) is 3.64. The van der Waals surface area contributed by atoms with Gasteiger partial charge < -0.3 is 24.6 Å². The number of aromatic nitrogens is 4. The Balaban J connectivity index is 1.47. The summed E-state index contributed by atoms with van der Waals surface area (Å²) in [7, 11) is -2.63. The number of pyridine rings is 1. The molecule has 2 fully saturated rings. The largest absolute Gasteiger partial charge is 0.361 e. The second-order valence-electron chi connectivity index (χ2n) is 15.0. The summed E-state index contributed by atoms with van der Waals surface area (Å²) in [6.45, 7) is 16.6. The third-order valence-electron chi connectivity index (χ3n) is 8.71. The first-order chi connectivity index (χ1) is 22.8. The molecule has 2 atom stereocenters. The van der Waals surface area contributed by atoms with Crippen molar-refractivity contribution in [3.63, 3.8) is 0 Å². The molecule has 4 aromatic rings. The third kappa shape index (κ3) is 7.50. The molecule has 48 heavy (non-hydrogen) atoms. The number of nitrogens with zero attached hydrogens (tertiary/aromatic N) is 6. The van der Waals surface area contributed by atoms with Crippen LogP contribution < -0.4 is 15.5 Å². The maximum Gasteiger partial charge on any atom is 0.325 e. The van der Waals surface area contributed by atoms with Gasteiger partial charge in [0.15, 0.2) is 11.5 Å². The lowest BCUT2D eigenvalue weighted by molar-refractivity contribution is -0.122. The first-order valence-corrected chi connectivity index (χ1v) is 24.7. The molecule has 15 heteroatoms. The van der Waals surface area contributed by atoms with Crippen molar-refractivity contribution < 1.29 is 19.1 Å². The van der Waals surface area contributed by atoms with Crippen molar-refractivity contribution in [3.05, 3.63) is 52.9 Å². The van der Waals surface area contributed by atoms with Crippen molar-refractivity contribution in [3.8, 4) is 11.1 Å². The van der Waals surface area contributed by atoms with E-state index in [1.807, 2.05) is 39.9 Å². The summed E-state index contributed by atoms with van der Waals surface area (Å²) in [5.74, 6) is 0.388. The highest BCUT2D eigenvalue weighted by Crippen LogP contribution is 2.39. The van der Waals surface area contributed by atoms with Gasteiger partial charge in [0, 0.05) is 65.2 Å². The average molecular weight is 754 g/mol. The zero-order valence-electron chi connectivity index (χ0n) is 28.5. The Morgan fingerprint density at radius 3 is 2.31 bits per heavy atom. The Kier molecular flexibility index (Phi) is 10.1. The summed E-state index contributed by atoms with van der Waals surface area (Å²) in [5, 5.41) is 11.7. The molecule has 0 saturated carbocycles. The number of carbonyl (C=O) groups is 2. The average Bonchev–Trinajstić information content (AvgIpc) is 3.58. The van der Waals surface area contributed by atoms with Crippen LogP contribution in [0.2, 0.25) is 51.4 Å². The molecular weight excluding hydrogens is 708 g/mol. The van der Waals surface area contributed by atoms with E-state index in [-0.39, 0.29) is 19.4 Å². The van der Waals surface area contributed by atoms with Crippen LogP contribution in [0, 0.1) is 0 Å². The van der Waals surface area contributed by atoms with E-state index in [4.69, 9.17) is 24.5 Å². The van der Waals surface area contributed by atoms with E-state index >= 15 is 0 Å². The molecular formula is C33H45BrN8O4Si2. The summed E-state index contributed by atoms with van der Waals surface area (Å²) in [6, 6.07) is 10.6. The lowest BCUT2D eigenvalue weighted by Gasteiger charge is -2.36. The number of ether oxygens (including phenoxy) is 2. The van der Waals surface area contributed by atoms with Crippen LogP contribution in [0.3, 0.4) is 0 Å². The van der Waals surface area contributed by atoms with Crippen LogP contribution in [0.5, 0.6) is 0 Å². The summed E-state index contributed by atoms with van der Waals surface area (Å²) < 4.78 is 15.1. The van der Waals surface area contributed by atoms with Crippen LogP contribution in [0.1, 0.15) is 11.7 Å². The number of piperazine rings is 1. The lowest BCUT2D eigenvalue weighted by atomic mass is 10.1. The summed E-state index contributed by atoms with van der Waals surface area (Å²) >= 11 is 3.90. The molecule has 2 aliphatic rings. The molecule has 2 unspecified atom stereocenters. The number of urea groups is 1. The predicted molar refractivity (Wildman–Crippen MR) is 197 cm³/mol. The molecule has 256 valence electrons. The number of halogens is 1. The second-order valence-corrected chi connectivity index (χ2v) is 27.0. The van der Waals surface area contributed by atoms with Crippen molar-refractivity contribution >= 4 is 66.4 Å². The van der Waals surface area contributed by atoms with Crippen LogP contribution in [-0.4, -0.2) is 98.4 Å². The second kappa shape index (κ2) is 14.0. The first kappa shape index (κ1) is 34.6. The van der Waals surface area contributed by atoms with Gasteiger partial charge in [-0.2, -0.15) is 9.61 Å². The molecule has 3 aromatic heterocycles. The maximum absolute atomic E-state index is 13.1. The van der Waals surface area contributed by atoms with Crippen molar-refractivity contribution in [2.45, 2.75) is 63.5 Å². The number of benzene rings is 1. The zero-order chi connectivity index (χ0) is 34.2. The molecule has 0 aliphatic carbocycles. The van der Waals surface area contributed by atoms with E-state index in [9.17, 15) is 9.59 Å². The van der Waals surface area contributed by atoms with Gasteiger partial charge in [-0.05, 0) is 40.2 Å². The number of nitrogens with one attached hydrogen (secondary N) is 2. The Labute approximate surface area is 291 Å². The fourth-order valence-corrected chi connectivity index (χ4v) is 8.20. The molecule has 6 rings (SSSR count). The van der Waals surface area contributed by atoms with Gasteiger partial charge in [0.1, 0.15) is 19.5 Å². The van der Waals surface area contributed by atoms with E-state index in [1.54, 1.807) is 11.1 Å². The molecule has 2 N–H and O–H groups in total. The smallest absolute Gasteiger partial charge is 0.325 e.